The van der Waals surface area contributed by atoms with E-state index in [0.29, 0.717) is 18.4 Å². The van der Waals surface area contributed by atoms with E-state index in [2.05, 4.69) is 12.2 Å². The lowest BCUT2D eigenvalue weighted by atomic mass is 9.70. The molecule has 0 aromatic carbocycles. The molecule has 78 valence electrons. The summed E-state index contributed by atoms with van der Waals surface area (Å²) >= 11 is 0. The van der Waals surface area contributed by atoms with Gasteiger partial charge in [0.05, 0.1) is 0 Å². The van der Waals surface area contributed by atoms with Crippen molar-refractivity contribution in [2.45, 2.75) is 32.6 Å². The van der Waals surface area contributed by atoms with E-state index in [1.54, 1.807) is 4.90 Å². The lowest BCUT2D eigenvalue weighted by Crippen LogP contribution is -2.53. The largest absolute Gasteiger partial charge is 0.324 e. The fourth-order valence-electron chi connectivity index (χ4n) is 2.15. The maximum Gasteiger partial charge on any atom is 0.324 e. The molecule has 3 amide bonds. The van der Waals surface area contributed by atoms with Crippen LogP contribution in [0.4, 0.5) is 4.79 Å². The second-order valence-corrected chi connectivity index (χ2v) is 4.69. The maximum absolute atomic E-state index is 11.4. The van der Waals surface area contributed by atoms with Gasteiger partial charge in [0.25, 0.3) is 0 Å². The zero-order chi connectivity index (χ0) is 10.2. The van der Waals surface area contributed by atoms with E-state index in [1.807, 2.05) is 0 Å². The molecular formula is C10H16N2O2. The van der Waals surface area contributed by atoms with Gasteiger partial charge in [0.2, 0.25) is 5.91 Å². The van der Waals surface area contributed by atoms with E-state index in [1.165, 1.54) is 19.3 Å². The molecule has 4 nitrogen and oxygen atoms in total. The Morgan fingerprint density at radius 3 is 2.64 bits per heavy atom. The third-order valence-electron chi connectivity index (χ3n) is 3.28. The lowest BCUT2D eigenvalue weighted by molar-refractivity contribution is -0.121. The first-order valence-corrected chi connectivity index (χ1v) is 5.18. The van der Waals surface area contributed by atoms with Gasteiger partial charge in [-0.1, -0.05) is 13.3 Å². The molecule has 1 aliphatic carbocycles. The van der Waals surface area contributed by atoms with Gasteiger partial charge in [-0.3, -0.25) is 10.1 Å². The van der Waals surface area contributed by atoms with Crippen LogP contribution in [-0.4, -0.2) is 29.9 Å². The minimum absolute atomic E-state index is 0.148. The average Bonchev–Trinajstić information content (AvgIpc) is 2.07. The van der Waals surface area contributed by atoms with E-state index >= 15 is 0 Å². The molecule has 2 rings (SSSR count). The first kappa shape index (κ1) is 9.49. The van der Waals surface area contributed by atoms with Crippen molar-refractivity contribution < 1.29 is 9.59 Å². The van der Waals surface area contributed by atoms with Gasteiger partial charge in [-0.2, -0.15) is 0 Å². The number of hydrogen-bond donors (Lipinski definition) is 1. The molecule has 0 aromatic heterocycles. The van der Waals surface area contributed by atoms with Gasteiger partial charge in [-0.25, -0.2) is 4.79 Å². The summed E-state index contributed by atoms with van der Waals surface area (Å²) in [6, 6.07) is -0.214. The molecule has 0 unspecified atom stereocenters. The summed E-state index contributed by atoms with van der Waals surface area (Å²) < 4.78 is 0. The number of nitrogens with one attached hydrogen (secondary N) is 1. The van der Waals surface area contributed by atoms with E-state index < -0.39 is 0 Å². The van der Waals surface area contributed by atoms with Crippen molar-refractivity contribution >= 4 is 11.9 Å². The number of imide groups is 1. The Balaban J connectivity index is 1.91. The predicted octanol–water partition coefficient (Wildman–Crippen LogP) is 1.12. The molecular weight excluding hydrogens is 180 g/mol. The van der Waals surface area contributed by atoms with Gasteiger partial charge < -0.3 is 4.90 Å². The normalized spacial score (nSPS) is 25.6. The highest BCUT2D eigenvalue weighted by atomic mass is 16.2. The highest BCUT2D eigenvalue weighted by Crippen LogP contribution is 2.40. The quantitative estimate of drug-likeness (QED) is 0.719. The maximum atomic E-state index is 11.4. The lowest BCUT2D eigenvalue weighted by Gasteiger charge is -2.42. The van der Waals surface area contributed by atoms with Crippen molar-refractivity contribution in [2.24, 2.45) is 5.41 Å². The van der Waals surface area contributed by atoms with Crippen LogP contribution in [0.3, 0.4) is 0 Å². The third kappa shape index (κ3) is 1.74. The summed E-state index contributed by atoms with van der Waals surface area (Å²) in [7, 11) is 0. The van der Waals surface area contributed by atoms with E-state index in [0.717, 1.165) is 6.54 Å². The first-order chi connectivity index (χ1) is 6.59. The van der Waals surface area contributed by atoms with Crippen LogP contribution in [0.25, 0.3) is 0 Å². The number of urea groups is 1. The zero-order valence-electron chi connectivity index (χ0n) is 8.51. The monoisotopic (exact) mass is 196 g/mol. The van der Waals surface area contributed by atoms with Gasteiger partial charge in [0.15, 0.2) is 0 Å². The second-order valence-electron chi connectivity index (χ2n) is 4.69. The fraction of sp³-hybridized carbons (Fsp3) is 0.800. The molecule has 1 heterocycles. The summed E-state index contributed by atoms with van der Waals surface area (Å²) in [6.07, 6.45) is 4.11. The second kappa shape index (κ2) is 3.26. The zero-order valence-corrected chi connectivity index (χ0v) is 8.51. The van der Waals surface area contributed by atoms with Gasteiger partial charge in [0.1, 0.15) is 0 Å². The number of carbonyl (C=O) groups is 2. The van der Waals surface area contributed by atoms with Crippen LogP contribution in [0, 0.1) is 5.41 Å². The summed E-state index contributed by atoms with van der Waals surface area (Å²) in [6.45, 7) is 3.59. The highest BCUT2D eigenvalue weighted by molar-refractivity contribution is 5.96. The Morgan fingerprint density at radius 2 is 2.14 bits per heavy atom. The van der Waals surface area contributed by atoms with E-state index in [-0.39, 0.29) is 11.9 Å². The number of nitrogens with zero attached hydrogens (tertiary/aromatic N) is 1. The molecule has 0 radical (unpaired) electrons. The Labute approximate surface area is 83.6 Å². The number of carbonyl (C=O) groups excluding carboxylic acids is 2. The van der Waals surface area contributed by atoms with Crippen molar-refractivity contribution in [3.8, 4) is 0 Å². The van der Waals surface area contributed by atoms with Crippen molar-refractivity contribution in [1.29, 1.82) is 0 Å². The Hall–Kier alpha value is -1.06. The molecule has 1 aliphatic heterocycles. The molecule has 1 N–H and O–H groups in total. The standard InChI is InChI=1S/C10H16N2O2/c1-10(4-2-5-10)7-12-6-3-8(13)11-9(12)14/h2-7H2,1H3,(H,11,13,14). The highest BCUT2D eigenvalue weighted by Gasteiger charge is 2.36. The Morgan fingerprint density at radius 1 is 1.43 bits per heavy atom. The molecule has 0 bridgehead atoms. The van der Waals surface area contributed by atoms with E-state index in [4.69, 9.17) is 0 Å². The van der Waals surface area contributed by atoms with Gasteiger partial charge >= 0.3 is 6.03 Å². The molecule has 1 saturated heterocycles. The molecule has 0 spiro atoms. The van der Waals surface area contributed by atoms with Crippen molar-refractivity contribution in [2.75, 3.05) is 13.1 Å². The Bertz CT molecular complexity index is 271. The molecule has 2 aliphatic rings. The van der Waals surface area contributed by atoms with Crippen molar-refractivity contribution in [3.63, 3.8) is 0 Å². The van der Waals surface area contributed by atoms with Gasteiger partial charge in [-0.15, -0.1) is 0 Å². The first-order valence-electron chi connectivity index (χ1n) is 5.18. The fourth-order valence-corrected chi connectivity index (χ4v) is 2.15. The number of rotatable bonds is 2. The summed E-state index contributed by atoms with van der Waals surface area (Å²) in [5, 5.41) is 2.35. The van der Waals surface area contributed by atoms with Crippen molar-refractivity contribution in [3.05, 3.63) is 0 Å². The number of hydrogen-bond acceptors (Lipinski definition) is 2. The van der Waals surface area contributed by atoms with Crippen LogP contribution in [0.15, 0.2) is 0 Å². The van der Waals surface area contributed by atoms with Crippen molar-refractivity contribution in [1.82, 2.24) is 10.2 Å². The predicted molar refractivity (Wildman–Crippen MR) is 51.7 cm³/mol. The third-order valence-corrected chi connectivity index (χ3v) is 3.28. The van der Waals surface area contributed by atoms with Crippen LogP contribution in [0.1, 0.15) is 32.6 Å². The Kier molecular flexibility index (Phi) is 2.21. The van der Waals surface area contributed by atoms with Crippen LogP contribution >= 0.6 is 0 Å². The topological polar surface area (TPSA) is 49.4 Å². The molecule has 2 fully saturated rings. The summed E-state index contributed by atoms with van der Waals surface area (Å²) in [4.78, 5) is 24.1. The molecule has 14 heavy (non-hydrogen) atoms. The van der Waals surface area contributed by atoms with Crippen LogP contribution < -0.4 is 5.32 Å². The molecule has 0 aromatic rings. The number of amides is 3. The minimum Gasteiger partial charge on any atom is -0.323 e. The van der Waals surface area contributed by atoms with Gasteiger partial charge in [-0.05, 0) is 18.3 Å². The molecule has 0 atom stereocenters. The summed E-state index contributed by atoms with van der Waals surface area (Å²) in [5.41, 5.74) is 0.303. The molecule has 4 heteroatoms. The van der Waals surface area contributed by atoms with Crippen LogP contribution in [-0.2, 0) is 4.79 Å². The minimum atomic E-state index is -0.214. The molecule has 1 saturated carbocycles. The SMILES string of the molecule is CC1(CN2CCC(=O)NC2=O)CCC1. The van der Waals surface area contributed by atoms with E-state index in [9.17, 15) is 9.59 Å². The average molecular weight is 196 g/mol. The summed E-state index contributed by atoms with van der Waals surface area (Å²) in [5.74, 6) is -0.148. The van der Waals surface area contributed by atoms with Gasteiger partial charge in [0, 0.05) is 19.5 Å². The van der Waals surface area contributed by atoms with Crippen LogP contribution in [0.5, 0.6) is 0 Å². The van der Waals surface area contributed by atoms with Crippen LogP contribution in [0.2, 0.25) is 0 Å². The smallest absolute Gasteiger partial charge is 0.323 e.